The molecule has 1 atom stereocenters. The fourth-order valence-electron chi connectivity index (χ4n) is 3.41. The number of nitro groups is 1. The first-order chi connectivity index (χ1) is 17.4. The van der Waals surface area contributed by atoms with E-state index in [4.69, 9.17) is 18.9 Å². The van der Waals surface area contributed by atoms with Crippen LogP contribution in [0, 0.1) is 10.1 Å². The summed E-state index contributed by atoms with van der Waals surface area (Å²) in [5.41, 5.74) is -0.171. The predicted molar refractivity (Wildman–Crippen MR) is 132 cm³/mol. The van der Waals surface area contributed by atoms with Gasteiger partial charge in [-0.25, -0.2) is 4.79 Å². The van der Waals surface area contributed by atoms with Crippen molar-refractivity contribution in [3.63, 3.8) is 0 Å². The fourth-order valence-corrected chi connectivity index (χ4v) is 3.41. The summed E-state index contributed by atoms with van der Waals surface area (Å²) in [6, 6.07) is 17.4. The molecule has 10 heteroatoms. The van der Waals surface area contributed by atoms with Gasteiger partial charge in [-0.15, -0.1) is 0 Å². The number of esters is 1. The maximum atomic E-state index is 13.3. The van der Waals surface area contributed by atoms with Crippen LogP contribution in [0.2, 0.25) is 0 Å². The van der Waals surface area contributed by atoms with E-state index in [9.17, 15) is 19.7 Å². The number of hydrogen-bond donors (Lipinski definition) is 1. The van der Waals surface area contributed by atoms with Crippen LogP contribution in [0.15, 0.2) is 66.7 Å². The van der Waals surface area contributed by atoms with E-state index in [-0.39, 0.29) is 23.7 Å². The van der Waals surface area contributed by atoms with Crippen molar-refractivity contribution in [2.75, 3.05) is 25.6 Å². The quantitative estimate of drug-likeness (QED) is 0.226. The van der Waals surface area contributed by atoms with Crippen LogP contribution in [-0.4, -0.2) is 37.1 Å². The van der Waals surface area contributed by atoms with Crippen molar-refractivity contribution in [2.24, 2.45) is 0 Å². The Bertz CT molecular complexity index is 1230. The first-order valence-corrected chi connectivity index (χ1v) is 11.2. The molecule has 0 radical (unpaired) electrons. The van der Waals surface area contributed by atoms with Gasteiger partial charge in [0.1, 0.15) is 11.3 Å². The number of anilines is 1. The zero-order valence-electron chi connectivity index (χ0n) is 20.1. The molecular weight excluding hydrogens is 468 g/mol. The Morgan fingerprint density at radius 2 is 1.56 bits per heavy atom. The van der Waals surface area contributed by atoms with Crippen molar-refractivity contribution in [3.05, 3.63) is 88.0 Å². The number of amides is 1. The van der Waals surface area contributed by atoms with Gasteiger partial charge in [0.15, 0.2) is 11.5 Å². The highest BCUT2D eigenvalue weighted by Crippen LogP contribution is 2.36. The number of nitrogens with one attached hydrogen (secondary N) is 1. The number of rotatable bonds is 11. The molecular formula is C26H26N2O8. The fraction of sp³-hybridized carbons (Fsp3) is 0.231. The number of carbonyl (C=O) groups is 2. The van der Waals surface area contributed by atoms with Gasteiger partial charge in [-0.05, 0) is 26.0 Å². The molecule has 3 aromatic carbocycles. The van der Waals surface area contributed by atoms with Gasteiger partial charge in [-0.2, -0.15) is 0 Å². The third kappa shape index (κ3) is 6.09. The summed E-state index contributed by atoms with van der Waals surface area (Å²) >= 11 is 0. The Balaban J connectivity index is 1.98. The molecule has 0 saturated carbocycles. The second kappa shape index (κ2) is 12.2. The number of nitrogens with zero attached hydrogens (tertiary/aromatic N) is 1. The minimum Gasteiger partial charge on any atom is -0.493 e. The normalized spacial score (nSPS) is 11.2. The summed E-state index contributed by atoms with van der Waals surface area (Å²) in [5, 5.41) is 14.4. The van der Waals surface area contributed by atoms with Crippen molar-refractivity contribution >= 4 is 23.3 Å². The molecule has 3 rings (SSSR count). The number of nitro benzene ring substituents is 1. The lowest BCUT2D eigenvalue weighted by Crippen LogP contribution is -2.26. The van der Waals surface area contributed by atoms with Gasteiger partial charge in [0.05, 0.1) is 37.0 Å². The van der Waals surface area contributed by atoms with E-state index in [1.807, 2.05) is 6.92 Å². The van der Waals surface area contributed by atoms with Crippen LogP contribution in [0.5, 0.6) is 17.2 Å². The van der Waals surface area contributed by atoms with Crippen molar-refractivity contribution in [1.82, 2.24) is 0 Å². The monoisotopic (exact) mass is 494 g/mol. The molecule has 0 aliphatic carbocycles. The van der Waals surface area contributed by atoms with Crippen LogP contribution < -0.4 is 19.5 Å². The smallest absolute Gasteiger partial charge is 0.346 e. The third-order valence-corrected chi connectivity index (χ3v) is 5.01. The summed E-state index contributed by atoms with van der Waals surface area (Å²) in [7, 11) is 1.33. The van der Waals surface area contributed by atoms with E-state index >= 15 is 0 Å². The molecule has 0 saturated heterocycles. The zero-order chi connectivity index (χ0) is 26.1. The Morgan fingerprint density at radius 3 is 2.19 bits per heavy atom. The van der Waals surface area contributed by atoms with Crippen LogP contribution in [-0.2, 0) is 9.53 Å². The molecule has 0 aliphatic heterocycles. The first-order valence-electron chi connectivity index (χ1n) is 11.2. The van der Waals surface area contributed by atoms with E-state index in [2.05, 4.69) is 5.32 Å². The largest absolute Gasteiger partial charge is 0.493 e. The van der Waals surface area contributed by atoms with Crippen LogP contribution in [0.25, 0.3) is 0 Å². The highest BCUT2D eigenvalue weighted by Gasteiger charge is 2.31. The zero-order valence-corrected chi connectivity index (χ0v) is 20.1. The molecule has 1 N–H and O–H groups in total. The highest BCUT2D eigenvalue weighted by molar-refractivity contribution is 6.00. The Morgan fingerprint density at radius 1 is 0.917 bits per heavy atom. The lowest BCUT2D eigenvalue weighted by molar-refractivity contribution is -0.385. The van der Waals surface area contributed by atoms with Crippen LogP contribution >= 0.6 is 0 Å². The van der Waals surface area contributed by atoms with Crippen molar-refractivity contribution in [2.45, 2.75) is 20.0 Å². The lowest BCUT2D eigenvalue weighted by atomic mass is 10.1. The van der Waals surface area contributed by atoms with E-state index in [0.717, 1.165) is 6.07 Å². The predicted octanol–water partition coefficient (Wildman–Crippen LogP) is 4.94. The number of carbonyl (C=O) groups excluding carboxylic acids is 2. The molecule has 36 heavy (non-hydrogen) atoms. The van der Waals surface area contributed by atoms with Crippen LogP contribution in [0.4, 0.5) is 11.4 Å². The maximum Gasteiger partial charge on any atom is 0.346 e. The summed E-state index contributed by atoms with van der Waals surface area (Å²) in [6.07, 6.45) is -1.41. The first kappa shape index (κ1) is 26.0. The highest BCUT2D eigenvalue weighted by atomic mass is 16.6. The van der Waals surface area contributed by atoms with E-state index in [1.54, 1.807) is 61.5 Å². The Kier molecular flexibility index (Phi) is 8.82. The summed E-state index contributed by atoms with van der Waals surface area (Å²) in [4.78, 5) is 37.5. The average molecular weight is 495 g/mol. The van der Waals surface area contributed by atoms with Gasteiger partial charge in [0.2, 0.25) is 6.10 Å². The van der Waals surface area contributed by atoms with Gasteiger partial charge in [-0.1, -0.05) is 42.5 Å². The minimum absolute atomic E-state index is 0.0879. The van der Waals surface area contributed by atoms with Crippen molar-refractivity contribution in [1.29, 1.82) is 0 Å². The van der Waals surface area contributed by atoms with Gasteiger partial charge < -0.3 is 24.3 Å². The SMILES string of the molecule is CCOc1ccccc1NC(=O)C(OC(=O)c1cc(OCC)c(OC)cc1[N+](=O)[O-])c1ccccc1. The molecule has 0 fully saturated rings. The van der Waals surface area contributed by atoms with Crippen molar-refractivity contribution in [3.8, 4) is 17.2 Å². The molecule has 188 valence electrons. The molecule has 0 heterocycles. The minimum atomic E-state index is -1.41. The third-order valence-electron chi connectivity index (χ3n) is 5.01. The number of para-hydroxylation sites is 2. The molecule has 10 nitrogen and oxygen atoms in total. The van der Waals surface area contributed by atoms with Gasteiger partial charge in [0.25, 0.3) is 11.6 Å². The second-order valence-corrected chi connectivity index (χ2v) is 7.32. The molecule has 0 bridgehead atoms. The maximum absolute atomic E-state index is 13.3. The molecule has 0 aliphatic rings. The number of methoxy groups -OCH3 is 1. The van der Waals surface area contributed by atoms with E-state index in [0.29, 0.717) is 23.6 Å². The average Bonchev–Trinajstić information content (AvgIpc) is 2.88. The summed E-state index contributed by atoms with van der Waals surface area (Å²) in [5.74, 6) is -1.08. The van der Waals surface area contributed by atoms with E-state index < -0.39 is 28.6 Å². The van der Waals surface area contributed by atoms with Crippen molar-refractivity contribution < 1.29 is 33.5 Å². The van der Waals surface area contributed by atoms with Crippen LogP contribution in [0.1, 0.15) is 35.9 Å². The van der Waals surface area contributed by atoms with Gasteiger partial charge in [-0.3, -0.25) is 14.9 Å². The number of hydrogen-bond acceptors (Lipinski definition) is 8. The number of benzene rings is 3. The lowest BCUT2D eigenvalue weighted by Gasteiger charge is -2.19. The topological polar surface area (TPSA) is 126 Å². The number of ether oxygens (including phenoxy) is 4. The molecule has 3 aromatic rings. The van der Waals surface area contributed by atoms with Gasteiger partial charge in [0, 0.05) is 11.6 Å². The summed E-state index contributed by atoms with van der Waals surface area (Å²) < 4.78 is 21.7. The Labute approximate surface area is 207 Å². The standard InChI is InChI=1S/C26H26N2O8/c1-4-34-21-14-10-9-13-19(21)27-25(29)24(17-11-7-6-8-12-17)36-26(30)18-15-23(35-5-2)22(33-3)16-20(18)28(31)32/h6-16,24H,4-5H2,1-3H3,(H,27,29). The second-order valence-electron chi connectivity index (χ2n) is 7.32. The Hall–Kier alpha value is -4.60. The molecule has 0 spiro atoms. The molecule has 1 unspecified atom stereocenters. The summed E-state index contributed by atoms with van der Waals surface area (Å²) in [6.45, 7) is 4.14. The van der Waals surface area contributed by atoms with E-state index in [1.165, 1.54) is 13.2 Å². The van der Waals surface area contributed by atoms with Gasteiger partial charge >= 0.3 is 5.97 Å². The van der Waals surface area contributed by atoms with Crippen LogP contribution in [0.3, 0.4) is 0 Å². The molecule has 0 aromatic heterocycles. The molecule has 1 amide bonds.